The van der Waals surface area contributed by atoms with Gasteiger partial charge in [0, 0.05) is 13.0 Å². The number of aliphatic hydroxyl groups is 1. The Hall–Kier alpha value is -5.90. The summed E-state index contributed by atoms with van der Waals surface area (Å²) in [5.74, 6) is -7.63. The molecular weight excluding hydrogens is 812 g/mol. The molecule has 0 heterocycles. The fraction of sp³-hybridized carbons (Fsp3) is 0.625. The van der Waals surface area contributed by atoms with E-state index in [-0.39, 0.29) is 50.5 Å². The lowest BCUT2D eigenvalue weighted by molar-refractivity contribution is -0.136. The van der Waals surface area contributed by atoms with Gasteiger partial charge in [0.2, 0.25) is 47.3 Å². The molecule has 348 valence electrons. The number of hydrogen-bond donors (Lipinski definition) is 12. The van der Waals surface area contributed by atoms with Gasteiger partial charge in [-0.25, -0.2) is 4.39 Å². The number of carbonyl (C=O) groups is 8. The first-order valence-electron chi connectivity index (χ1n) is 20.6. The van der Waals surface area contributed by atoms with Crippen molar-refractivity contribution in [3.63, 3.8) is 0 Å². The second-order valence-corrected chi connectivity index (χ2v) is 15.6. The van der Waals surface area contributed by atoms with Crippen molar-refractivity contribution < 1.29 is 47.9 Å². The van der Waals surface area contributed by atoms with Crippen LogP contribution in [0.4, 0.5) is 4.39 Å². The van der Waals surface area contributed by atoms with Gasteiger partial charge in [0.15, 0.2) is 5.96 Å². The molecule has 62 heavy (non-hydrogen) atoms. The van der Waals surface area contributed by atoms with Crippen LogP contribution in [0.2, 0.25) is 0 Å². The highest BCUT2D eigenvalue weighted by Crippen LogP contribution is 2.13. The van der Waals surface area contributed by atoms with Crippen LogP contribution in [-0.2, 0) is 44.8 Å². The van der Waals surface area contributed by atoms with Crippen molar-refractivity contribution in [1.29, 1.82) is 0 Å². The Morgan fingerprint density at radius 3 is 1.68 bits per heavy atom. The lowest BCUT2D eigenvalue weighted by Crippen LogP contribution is -2.61. The number of nitrogens with two attached hydrogens (primary N) is 4. The molecule has 22 heteroatoms. The van der Waals surface area contributed by atoms with Crippen molar-refractivity contribution in [2.75, 3.05) is 13.2 Å². The summed E-state index contributed by atoms with van der Waals surface area (Å²) in [4.78, 5) is 109. The number of benzene rings is 1. The van der Waals surface area contributed by atoms with Gasteiger partial charge in [-0.15, -0.1) is 0 Å². The first-order valence-corrected chi connectivity index (χ1v) is 20.6. The molecule has 0 radical (unpaired) electrons. The van der Waals surface area contributed by atoms with Crippen LogP contribution in [0.15, 0.2) is 29.3 Å². The number of aliphatic hydroxyl groups excluding tert-OH is 1. The number of nitrogens with zero attached hydrogens (tertiary/aromatic N) is 1. The minimum absolute atomic E-state index is 0.0470. The van der Waals surface area contributed by atoms with Gasteiger partial charge in [-0.3, -0.25) is 43.3 Å². The lowest BCUT2D eigenvalue weighted by atomic mass is 9.96. The third-order valence-electron chi connectivity index (χ3n) is 9.75. The Labute approximate surface area is 361 Å². The van der Waals surface area contributed by atoms with Crippen molar-refractivity contribution in [3.8, 4) is 0 Å². The van der Waals surface area contributed by atoms with E-state index in [1.165, 1.54) is 38.1 Å². The van der Waals surface area contributed by atoms with Gasteiger partial charge in [0.25, 0.3) is 0 Å². The average Bonchev–Trinajstić information content (AvgIpc) is 3.20. The third kappa shape index (κ3) is 19.2. The number of primary amides is 1. The van der Waals surface area contributed by atoms with Crippen molar-refractivity contribution in [3.05, 3.63) is 35.6 Å². The number of halogens is 1. The van der Waals surface area contributed by atoms with Crippen LogP contribution >= 0.6 is 0 Å². The first kappa shape index (κ1) is 54.1. The van der Waals surface area contributed by atoms with E-state index in [1.807, 2.05) is 0 Å². The maximum atomic E-state index is 13.8. The van der Waals surface area contributed by atoms with Crippen molar-refractivity contribution in [2.24, 2.45) is 39.8 Å². The Bertz CT molecular complexity index is 1710. The molecule has 9 atom stereocenters. The minimum Gasteiger partial charge on any atom is -0.394 e. The summed E-state index contributed by atoms with van der Waals surface area (Å²) < 4.78 is 13.5. The lowest BCUT2D eigenvalue weighted by Gasteiger charge is -2.29. The molecule has 0 bridgehead atoms. The third-order valence-corrected chi connectivity index (χ3v) is 9.75. The number of amides is 8. The van der Waals surface area contributed by atoms with Gasteiger partial charge in [-0.1, -0.05) is 53.2 Å². The van der Waals surface area contributed by atoms with Crippen molar-refractivity contribution in [2.45, 2.75) is 135 Å². The predicted octanol–water partition coefficient (Wildman–Crippen LogP) is -2.84. The zero-order chi connectivity index (χ0) is 47.3. The summed E-state index contributed by atoms with van der Waals surface area (Å²) in [6, 6.07) is -4.45. The van der Waals surface area contributed by atoms with E-state index in [0.717, 1.165) is 0 Å². The smallest absolute Gasteiger partial charge is 0.245 e. The van der Waals surface area contributed by atoms with Crippen LogP contribution < -0.4 is 60.2 Å². The zero-order valence-electron chi connectivity index (χ0n) is 36.6. The molecule has 0 aliphatic carbocycles. The Morgan fingerprint density at radius 2 is 1.16 bits per heavy atom. The molecule has 1 aromatic rings. The van der Waals surface area contributed by atoms with E-state index in [4.69, 9.17) is 22.9 Å². The summed E-state index contributed by atoms with van der Waals surface area (Å²) in [6.07, 6.45) is 0.623. The summed E-state index contributed by atoms with van der Waals surface area (Å²) >= 11 is 0. The summed E-state index contributed by atoms with van der Waals surface area (Å²) in [5.41, 5.74) is 22.5. The number of carbonyl (C=O) groups excluding carboxylic acids is 8. The number of rotatable bonds is 27. The summed E-state index contributed by atoms with van der Waals surface area (Å²) in [6.45, 7) is 10.6. The number of hydrogen-bond acceptors (Lipinski definition) is 11. The zero-order valence-corrected chi connectivity index (χ0v) is 36.6. The van der Waals surface area contributed by atoms with Crippen molar-refractivity contribution in [1.82, 2.24) is 37.2 Å². The molecule has 16 N–H and O–H groups in total. The second-order valence-electron chi connectivity index (χ2n) is 15.6. The van der Waals surface area contributed by atoms with Gasteiger partial charge in [-0.05, 0) is 69.1 Å². The van der Waals surface area contributed by atoms with Gasteiger partial charge >= 0.3 is 0 Å². The monoisotopic (exact) mass is 879 g/mol. The highest BCUT2D eigenvalue weighted by molar-refractivity contribution is 5.97. The van der Waals surface area contributed by atoms with E-state index in [9.17, 15) is 47.9 Å². The summed E-state index contributed by atoms with van der Waals surface area (Å²) in [5, 5.41) is 27.9. The normalized spacial score (nSPS) is 15.4. The molecule has 0 saturated carbocycles. The number of nitrogens with one attached hydrogen (secondary N) is 7. The van der Waals surface area contributed by atoms with E-state index in [0.29, 0.717) is 12.0 Å². The Balaban J connectivity index is 3.25. The minimum atomic E-state index is -1.63. The van der Waals surface area contributed by atoms with E-state index in [2.05, 4.69) is 42.2 Å². The number of aliphatic imine (C=N–C) groups is 1. The van der Waals surface area contributed by atoms with Crippen LogP contribution in [0.1, 0.15) is 86.1 Å². The highest BCUT2D eigenvalue weighted by atomic mass is 19.1. The topological polar surface area (TPSA) is 357 Å². The highest BCUT2D eigenvalue weighted by Gasteiger charge is 2.35. The molecule has 0 unspecified atom stereocenters. The molecule has 0 aliphatic rings. The molecule has 0 saturated heterocycles. The Kier molecular flexibility index (Phi) is 23.7. The van der Waals surface area contributed by atoms with Crippen LogP contribution in [0.5, 0.6) is 0 Å². The van der Waals surface area contributed by atoms with Gasteiger partial charge in [0.05, 0.1) is 12.6 Å². The average molecular weight is 879 g/mol. The molecular formula is C40H67FN12O9. The van der Waals surface area contributed by atoms with E-state index < -0.39 is 114 Å². The van der Waals surface area contributed by atoms with E-state index >= 15 is 0 Å². The maximum Gasteiger partial charge on any atom is 0.245 e. The fourth-order valence-corrected chi connectivity index (χ4v) is 5.84. The fourth-order valence-electron chi connectivity index (χ4n) is 5.84. The van der Waals surface area contributed by atoms with Crippen LogP contribution in [0.3, 0.4) is 0 Å². The predicted molar refractivity (Wildman–Crippen MR) is 228 cm³/mol. The molecule has 1 aromatic carbocycles. The van der Waals surface area contributed by atoms with Gasteiger partial charge in [0.1, 0.15) is 48.1 Å². The molecule has 21 nitrogen and oxygen atoms in total. The molecule has 0 aromatic heterocycles. The molecule has 0 aliphatic heterocycles. The van der Waals surface area contributed by atoms with Crippen molar-refractivity contribution >= 4 is 53.2 Å². The van der Waals surface area contributed by atoms with Gasteiger partial charge in [-0.2, -0.15) is 0 Å². The van der Waals surface area contributed by atoms with E-state index in [1.54, 1.807) is 34.6 Å². The van der Waals surface area contributed by atoms with Crippen LogP contribution in [-0.4, -0.2) is 120 Å². The Morgan fingerprint density at radius 1 is 0.645 bits per heavy atom. The standard InChI is InChI=1S/C40H67FN12O9/c1-8-21(5)31(39(62)50-28(32(43)55)18-24-12-14-25(41)15-13-24)53-37(60)29(17-20(3)4)51-38(61)30(19-54)52-36(59)27(11-10-16-46-40(44)45)49-35(58)26(9-2)48-34(57)23(7)47-33(56)22(6)42/h12-15,20-23,26-31,54H,8-11,16-19,42H2,1-7H3,(H2,43,55)(H,47,56)(H,48,57)(H,49,58)(H,50,62)(H,51,61)(H,52,59)(H,53,60)(H4,44,45,46)/t21-,22-,23-,26-,27-,28-,29-,30-,31-/m0/s1. The number of guanidine groups is 1. The molecule has 0 fully saturated rings. The summed E-state index contributed by atoms with van der Waals surface area (Å²) in [7, 11) is 0. The van der Waals surface area contributed by atoms with Gasteiger partial charge < -0.3 is 65.3 Å². The molecule has 1 rings (SSSR count). The second kappa shape index (κ2) is 27.1. The van der Waals surface area contributed by atoms with Crippen LogP contribution in [0.25, 0.3) is 0 Å². The largest absolute Gasteiger partial charge is 0.394 e. The maximum absolute atomic E-state index is 13.8. The molecule has 0 spiro atoms. The SMILES string of the molecule is CC[C@H](NC(=O)[C@H](C)NC(=O)[C@H](C)N)C(=O)N[C@@H](CCCN=C(N)N)C(=O)N[C@@H](CO)C(=O)N[C@@H](CC(C)C)C(=O)N[C@H](C(=O)N[C@@H](Cc1ccc(F)cc1)C(N)=O)[C@@H](C)CC. The molecule has 8 amide bonds. The first-order chi connectivity index (χ1) is 29.0. The van der Waals surface area contributed by atoms with Crippen LogP contribution in [0, 0.1) is 17.7 Å². The quantitative estimate of drug-likeness (QED) is 0.0242.